The second-order valence-electron chi connectivity index (χ2n) is 8.47. The predicted molar refractivity (Wildman–Crippen MR) is 111 cm³/mol. The molecule has 0 bridgehead atoms. The van der Waals surface area contributed by atoms with Gasteiger partial charge in [0.15, 0.2) is 0 Å². The highest BCUT2D eigenvalue weighted by Crippen LogP contribution is 2.17. The normalized spacial score (nSPS) is 17.8. The quantitative estimate of drug-likeness (QED) is 0.595. The molecule has 2 rings (SSSR count). The lowest BCUT2D eigenvalue weighted by Crippen LogP contribution is -2.42. The molecule has 0 spiro atoms. The van der Waals surface area contributed by atoms with E-state index in [9.17, 15) is 9.59 Å². The van der Waals surface area contributed by atoms with Crippen LogP contribution in [-0.4, -0.2) is 52.7 Å². The Kier molecular flexibility index (Phi) is 8.48. The monoisotopic (exact) mass is 391 g/mol. The summed E-state index contributed by atoms with van der Waals surface area (Å²) in [6, 6.07) is 0. The molecular formula is C21H37N5O2. The highest BCUT2D eigenvalue weighted by molar-refractivity contribution is 5.77. The summed E-state index contributed by atoms with van der Waals surface area (Å²) < 4.78 is 2.06. The minimum Gasteiger partial charge on any atom is -0.369 e. The van der Waals surface area contributed by atoms with Crippen molar-refractivity contribution in [1.29, 1.82) is 0 Å². The number of aryl methyl sites for hydroxylation is 1. The smallest absolute Gasteiger partial charge is 0.221 e. The van der Waals surface area contributed by atoms with Gasteiger partial charge in [-0.15, -0.1) is 0 Å². The number of likely N-dealkylation sites (tertiary alicyclic amines) is 1. The molecule has 7 nitrogen and oxygen atoms in total. The van der Waals surface area contributed by atoms with Crippen molar-refractivity contribution < 1.29 is 9.59 Å². The van der Waals surface area contributed by atoms with Gasteiger partial charge in [0.2, 0.25) is 11.8 Å². The van der Waals surface area contributed by atoms with Crippen LogP contribution < -0.4 is 11.1 Å². The molecule has 28 heavy (non-hydrogen) atoms. The molecule has 3 N–H and O–H groups in total. The van der Waals surface area contributed by atoms with E-state index in [0.717, 1.165) is 57.6 Å². The maximum Gasteiger partial charge on any atom is 0.221 e. The summed E-state index contributed by atoms with van der Waals surface area (Å²) in [5.41, 5.74) is 8.82. The van der Waals surface area contributed by atoms with Crippen LogP contribution >= 0.6 is 0 Å². The zero-order valence-corrected chi connectivity index (χ0v) is 18.0. The van der Waals surface area contributed by atoms with Gasteiger partial charge < -0.3 is 16.0 Å². The molecular weight excluding hydrogens is 354 g/mol. The van der Waals surface area contributed by atoms with Gasteiger partial charge in [-0.2, -0.15) is 5.10 Å². The molecule has 158 valence electrons. The van der Waals surface area contributed by atoms with Gasteiger partial charge in [-0.3, -0.25) is 14.3 Å². The fraction of sp³-hybridized carbons (Fsp3) is 0.762. The molecule has 1 atom stereocenters. The number of nitrogens with one attached hydrogen (secondary N) is 1. The van der Waals surface area contributed by atoms with Crippen LogP contribution in [-0.2, 0) is 22.6 Å². The second-order valence-corrected chi connectivity index (χ2v) is 8.47. The largest absolute Gasteiger partial charge is 0.369 e. The fourth-order valence-corrected chi connectivity index (χ4v) is 3.97. The van der Waals surface area contributed by atoms with Crippen LogP contribution in [0.4, 0.5) is 0 Å². The molecule has 2 amide bonds. The Labute approximate surface area is 169 Å². The number of nitrogens with zero attached hydrogens (tertiary/aromatic N) is 3. The lowest BCUT2D eigenvalue weighted by molar-refractivity contribution is -0.123. The fourth-order valence-electron chi connectivity index (χ4n) is 3.97. The molecule has 0 aromatic carbocycles. The van der Waals surface area contributed by atoms with Crippen molar-refractivity contribution in [3.05, 3.63) is 17.0 Å². The van der Waals surface area contributed by atoms with Crippen LogP contribution in [0.2, 0.25) is 0 Å². The number of piperidine rings is 1. The maximum absolute atomic E-state index is 12.2. The van der Waals surface area contributed by atoms with E-state index in [0.29, 0.717) is 18.9 Å². The van der Waals surface area contributed by atoms with Crippen molar-refractivity contribution in [2.75, 3.05) is 26.2 Å². The number of hydrogen-bond acceptors (Lipinski definition) is 4. The third kappa shape index (κ3) is 6.62. The van der Waals surface area contributed by atoms with Crippen LogP contribution in [0.15, 0.2) is 0 Å². The van der Waals surface area contributed by atoms with E-state index < -0.39 is 0 Å². The van der Waals surface area contributed by atoms with E-state index in [-0.39, 0.29) is 17.7 Å². The van der Waals surface area contributed by atoms with Crippen molar-refractivity contribution in [3.63, 3.8) is 0 Å². The number of hydrogen-bond donors (Lipinski definition) is 2. The number of primary amides is 1. The molecule has 0 saturated carbocycles. The number of carbonyl (C=O) groups excluding carboxylic acids is 2. The van der Waals surface area contributed by atoms with Gasteiger partial charge in [-0.1, -0.05) is 13.8 Å². The van der Waals surface area contributed by atoms with Crippen LogP contribution in [0.1, 0.15) is 56.5 Å². The molecule has 2 heterocycles. The Hall–Kier alpha value is -1.89. The Balaban J connectivity index is 1.68. The van der Waals surface area contributed by atoms with E-state index in [4.69, 9.17) is 5.73 Å². The number of carbonyl (C=O) groups is 2. The zero-order valence-electron chi connectivity index (χ0n) is 18.0. The molecule has 0 radical (unpaired) electrons. The van der Waals surface area contributed by atoms with Gasteiger partial charge >= 0.3 is 0 Å². The first-order chi connectivity index (χ1) is 13.3. The third-order valence-corrected chi connectivity index (χ3v) is 5.55. The zero-order chi connectivity index (χ0) is 20.7. The van der Waals surface area contributed by atoms with E-state index in [1.165, 1.54) is 11.3 Å². The Morgan fingerprint density at radius 1 is 1.32 bits per heavy atom. The summed E-state index contributed by atoms with van der Waals surface area (Å²) in [6.07, 6.45) is 4.02. The summed E-state index contributed by atoms with van der Waals surface area (Å²) in [5, 5.41) is 7.64. The molecule has 7 heteroatoms. The minimum absolute atomic E-state index is 0.0218. The average Bonchev–Trinajstić information content (AvgIpc) is 2.89. The topological polar surface area (TPSA) is 93.2 Å². The molecule has 1 fully saturated rings. The van der Waals surface area contributed by atoms with Gasteiger partial charge in [0.1, 0.15) is 0 Å². The number of rotatable bonds is 10. The first-order valence-corrected chi connectivity index (χ1v) is 10.6. The second kappa shape index (κ2) is 10.6. The van der Waals surface area contributed by atoms with Crippen molar-refractivity contribution in [3.8, 4) is 0 Å². The molecule has 0 aliphatic carbocycles. The standard InChI is InChI=1S/C21H37N5O2/c1-15(2)13-26-17(4)19(16(3)24-26)8-9-20(27)23-10-6-12-25-11-5-7-18(14-25)21(22)28/h15,18H,5-14H2,1-4H3,(H2,22,28)(H,23,27)/t18-/m0/s1. The van der Waals surface area contributed by atoms with Crippen LogP contribution in [0.25, 0.3) is 0 Å². The van der Waals surface area contributed by atoms with Gasteiger partial charge in [0, 0.05) is 31.7 Å². The highest BCUT2D eigenvalue weighted by Gasteiger charge is 2.23. The summed E-state index contributed by atoms with van der Waals surface area (Å²) in [6.45, 7) is 12.7. The number of nitrogens with two attached hydrogens (primary N) is 1. The van der Waals surface area contributed by atoms with Gasteiger partial charge in [0.25, 0.3) is 0 Å². The first kappa shape index (κ1) is 22.4. The highest BCUT2D eigenvalue weighted by atomic mass is 16.2. The Bertz CT molecular complexity index is 668. The number of amides is 2. The van der Waals surface area contributed by atoms with Crippen LogP contribution in [0.3, 0.4) is 0 Å². The van der Waals surface area contributed by atoms with Crippen molar-refractivity contribution in [1.82, 2.24) is 20.0 Å². The SMILES string of the molecule is Cc1nn(CC(C)C)c(C)c1CCC(=O)NCCCN1CCC[C@H](C(N)=O)C1. The molecule has 1 saturated heterocycles. The summed E-state index contributed by atoms with van der Waals surface area (Å²) in [7, 11) is 0. The van der Waals surface area contributed by atoms with Gasteiger partial charge in [0.05, 0.1) is 11.6 Å². The molecule has 0 unspecified atom stereocenters. The van der Waals surface area contributed by atoms with Crippen molar-refractivity contribution in [2.24, 2.45) is 17.6 Å². The third-order valence-electron chi connectivity index (χ3n) is 5.55. The van der Waals surface area contributed by atoms with E-state index in [1.807, 2.05) is 6.92 Å². The summed E-state index contributed by atoms with van der Waals surface area (Å²) >= 11 is 0. The first-order valence-electron chi connectivity index (χ1n) is 10.6. The van der Waals surface area contributed by atoms with Crippen molar-refractivity contribution >= 4 is 11.8 Å². The molecule has 1 aliphatic rings. The van der Waals surface area contributed by atoms with Crippen molar-refractivity contribution in [2.45, 2.75) is 66.3 Å². The van der Waals surface area contributed by atoms with Gasteiger partial charge in [-0.25, -0.2) is 0 Å². The Morgan fingerprint density at radius 2 is 2.07 bits per heavy atom. The lowest BCUT2D eigenvalue weighted by atomic mass is 9.97. The Morgan fingerprint density at radius 3 is 2.75 bits per heavy atom. The van der Waals surface area contributed by atoms with E-state index >= 15 is 0 Å². The lowest BCUT2D eigenvalue weighted by Gasteiger charge is -2.31. The van der Waals surface area contributed by atoms with Crippen LogP contribution in [0, 0.1) is 25.7 Å². The molecule has 1 aliphatic heterocycles. The molecule has 1 aromatic heterocycles. The number of aromatic nitrogens is 2. The predicted octanol–water partition coefficient (Wildman–Crippen LogP) is 1.79. The maximum atomic E-state index is 12.2. The van der Waals surface area contributed by atoms with Gasteiger partial charge in [-0.05, 0) is 64.1 Å². The molecule has 1 aromatic rings. The van der Waals surface area contributed by atoms with E-state index in [2.05, 4.69) is 40.8 Å². The van der Waals surface area contributed by atoms with E-state index in [1.54, 1.807) is 0 Å². The summed E-state index contributed by atoms with van der Waals surface area (Å²) in [4.78, 5) is 25.8. The summed E-state index contributed by atoms with van der Waals surface area (Å²) in [5.74, 6) is 0.420. The van der Waals surface area contributed by atoms with Crippen LogP contribution in [0.5, 0.6) is 0 Å². The average molecular weight is 392 g/mol. The minimum atomic E-state index is -0.194.